The minimum Gasteiger partial charge on any atom is -0.356 e. The minimum absolute atomic E-state index is 0.0560. The first-order valence-corrected chi connectivity index (χ1v) is 8.23. The summed E-state index contributed by atoms with van der Waals surface area (Å²) in [7, 11) is 0. The van der Waals surface area contributed by atoms with Crippen LogP contribution in [0.1, 0.15) is 30.7 Å². The van der Waals surface area contributed by atoms with E-state index >= 15 is 0 Å². The summed E-state index contributed by atoms with van der Waals surface area (Å²) in [6.07, 6.45) is 2.21. The lowest BCUT2D eigenvalue weighted by Gasteiger charge is -2.36. The molecule has 0 spiro atoms. The van der Waals surface area contributed by atoms with Crippen molar-refractivity contribution in [3.8, 4) is 0 Å². The highest BCUT2D eigenvalue weighted by Crippen LogP contribution is 2.32. The second kappa shape index (κ2) is 7.41. The van der Waals surface area contributed by atoms with Gasteiger partial charge in [0.15, 0.2) is 0 Å². The van der Waals surface area contributed by atoms with Crippen LogP contribution in [0.2, 0.25) is 4.34 Å². The van der Waals surface area contributed by atoms with E-state index in [0.717, 1.165) is 36.8 Å². The van der Waals surface area contributed by atoms with Crippen molar-refractivity contribution in [1.29, 1.82) is 0 Å². The van der Waals surface area contributed by atoms with Gasteiger partial charge in [-0.2, -0.15) is 0 Å². The van der Waals surface area contributed by atoms with Crippen molar-refractivity contribution < 1.29 is 4.79 Å². The molecule has 0 aromatic carbocycles. The highest BCUT2D eigenvalue weighted by Gasteiger charge is 2.26. The lowest BCUT2D eigenvalue weighted by atomic mass is 9.95. The number of nitrogens with two attached hydrogens (primary N) is 1. The summed E-state index contributed by atoms with van der Waals surface area (Å²) in [6, 6.07) is 4.29. The number of nitrogens with one attached hydrogen (secondary N) is 1. The first kappa shape index (κ1) is 15.8. The van der Waals surface area contributed by atoms with Gasteiger partial charge in [-0.25, -0.2) is 0 Å². The number of rotatable bonds is 5. The molecule has 1 atom stereocenters. The molecule has 1 saturated heterocycles. The SMILES string of the molecule is CC(=O)NCC1CCN(C(CN)c2ccc(Cl)s2)CC1. The standard InChI is InChI=1S/C14H22ClN3OS/c1-10(19)17-9-11-4-6-18(7-5-11)12(8-16)13-2-3-14(15)20-13/h2-3,11-12H,4-9,16H2,1H3,(H,17,19). The maximum atomic E-state index is 10.9. The van der Waals surface area contributed by atoms with Crippen molar-refractivity contribution in [2.24, 2.45) is 11.7 Å². The Hall–Kier alpha value is -0.620. The van der Waals surface area contributed by atoms with Gasteiger partial charge < -0.3 is 11.1 Å². The third-order valence-corrected chi connectivity index (χ3v) is 5.21. The minimum atomic E-state index is 0.0560. The lowest BCUT2D eigenvalue weighted by Crippen LogP contribution is -2.41. The molecule has 6 heteroatoms. The fraction of sp³-hybridized carbons (Fsp3) is 0.643. The molecule has 1 aromatic heterocycles. The molecule has 2 heterocycles. The van der Waals surface area contributed by atoms with Crippen molar-refractivity contribution >= 4 is 28.8 Å². The Morgan fingerprint density at radius 3 is 2.75 bits per heavy atom. The molecule has 1 fully saturated rings. The molecule has 0 bridgehead atoms. The number of carbonyl (C=O) groups is 1. The monoisotopic (exact) mass is 315 g/mol. The Morgan fingerprint density at radius 1 is 1.55 bits per heavy atom. The van der Waals surface area contributed by atoms with Crippen LogP contribution in [0.5, 0.6) is 0 Å². The smallest absolute Gasteiger partial charge is 0.216 e. The number of thiophene rings is 1. The number of likely N-dealkylation sites (tertiary alicyclic amines) is 1. The number of nitrogens with zero attached hydrogens (tertiary/aromatic N) is 1. The van der Waals surface area contributed by atoms with E-state index in [9.17, 15) is 4.79 Å². The van der Waals surface area contributed by atoms with Gasteiger partial charge in [0.1, 0.15) is 0 Å². The highest BCUT2D eigenvalue weighted by atomic mass is 35.5. The van der Waals surface area contributed by atoms with Crippen LogP contribution in [0.3, 0.4) is 0 Å². The number of amides is 1. The molecular weight excluding hydrogens is 294 g/mol. The van der Waals surface area contributed by atoms with E-state index in [0.29, 0.717) is 12.5 Å². The average molecular weight is 316 g/mol. The number of halogens is 1. The summed E-state index contributed by atoms with van der Waals surface area (Å²) in [5.74, 6) is 0.640. The Balaban J connectivity index is 1.87. The second-order valence-electron chi connectivity index (χ2n) is 5.31. The van der Waals surface area contributed by atoms with Crippen molar-refractivity contribution in [2.45, 2.75) is 25.8 Å². The Morgan fingerprint density at radius 2 is 2.25 bits per heavy atom. The molecule has 0 radical (unpaired) electrons. The van der Waals surface area contributed by atoms with Gasteiger partial charge in [0.25, 0.3) is 0 Å². The van der Waals surface area contributed by atoms with E-state index in [4.69, 9.17) is 17.3 Å². The summed E-state index contributed by atoms with van der Waals surface area (Å²) in [5, 5.41) is 2.91. The molecule has 1 unspecified atom stereocenters. The van der Waals surface area contributed by atoms with Crippen LogP contribution in [0.4, 0.5) is 0 Å². The van der Waals surface area contributed by atoms with E-state index in [-0.39, 0.29) is 11.9 Å². The van der Waals surface area contributed by atoms with Crippen molar-refractivity contribution in [3.63, 3.8) is 0 Å². The maximum absolute atomic E-state index is 10.9. The molecule has 0 aliphatic carbocycles. The van der Waals surface area contributed by atoms with Crippen LogP contribution >= 0.6 is 22.9 Å². The molecule has 1 aliphatic heterocycles. The highest BCUT2D eigenvalue weighted by molar-refractivity contribution is 7.16. The average Bonchev–Trinajstić information content (AvgIpc) is 2.85. The maximum Gasteiger partial charge on any atom is 0.216 e. The van der Waals surface area contributed by atoms with Crippen LogP contribution in [-0.4, -0.2) is 37.0 Å². The zero-order valence-corrected chi connectivity index (χ0v) is 13.3. The normalized spacial score (nSPS) is 18.9. The molecule has 4 nitrogen and oxygen atoms in total. The van der Waals surface area contributed by atoms with Crippen LogP contribution in [0.15, 0.2) is 12.1 Å². The molecule has 1 amide bonds. The molecular formula is C14H22ClN3OS. The third-order valence-electron chi connectivity index (χ3n) is 3.88. The molecule has 3 N–H and O–H groups in total. The van der Waals surface area contributed by atoms with Crippen LogP contribution in [-0.2, 0) is 4.79 Å². The van der Waals surface area contributed by atoms with Gasteiger partial charge in [0.05, 0.1) is 10.4 Å². The zero-order chi connectivity index (χ0) is 14.5. The van der Waals surface area contributed by atoms with E-state index in [1.807, 2.05) is 6.07 Å². The number of carbonyl (C=O) groups excluding carboxylic acids is 1. The molecule has 0 saturated carbocycles. The predicted molar refractivity (Wildman–Crippen MR) is 84.1 cm³/mol. The fourth-order valence-corrected chi connectivity index (χ4v) is 3.92. The van der Waals surface area contributed by atoms with E-state index in [2.05, 4.69) is 16.3 Å². The van der Waals surface area contributed by atoms with E-state index in [1.165, 1.54) is 4.88 Å². The largest absolute Gasteiger partial charge is 0.356 e. The molecule has 2 rings (SSSR count). The topological polar surface area (TPSA) is 58.4 Å². The zero-order valence-electron chi connectivity index (χ0n) is 11.8. The summed E-state index contributed by atoms with van der Waals surface area (Å²) >= 11 is 7.63. The quantitative estimate of drug-likeness (QED) is 0.876. The first-order valence-electron chi connectivity index (χ1n) is 7.04. The van der Waals surface area contributed by atoms with Crippen LogP contribution < -0.4 is 11.1 Å². The summed E-state index contributed by atoms with van der Waals surface area (Å²) in [6.45, 7) is 5.04. The van der Waals surface area contributed by atoms with Gasteiger partial charge in [-0.05, 0) is 44.0 Å². The Bertz CT molecular complexity index is 443. The van der Waals surface area contributed by atoms with E-state index in [1.54, 1.807) is 18.3 Å². The second-order valence-corrected chi connectivity index (χ2v) is 7.06. The van der Waals surface area contributed by atoms with Gasteiger partial charge in [0.2, 0.25) is 5.91 Å². The molecule has 1 aliphatic rings. The van der Waals surface area contributed by atoms with Gasteiger partial charge in [-0.1, -0.05) is 11.6 Å². The summed E-state index contributed by atoms with van der Waals surface area (Å²) in [4.78, 5) is 14.6. The van der Waals surface area contributed by atoms with Gasteiger partial charge in [-0.15, -0.1) is 11.3 Å². The third kappa shape index (κ3) is 4.19. The van der Waals surface area contributed by atoms with Crippen molar-refractivity contribution in [1.82, 2.24) is 10.2 Å². The van der Waals surface area contributed by atoms with Crippen LogP contribution in [0, 0.1) is 5.92 Å². The van der Waals surface area contributed by atoms with Gasteiger partial charge in [-0.3, -0.25) is 9.69 Å². The van der Waals surface area contributed by atoms with Gasteiger partial charge in [0, 0.05) is 24.9 Å². The number of piperidine rings is 1. The number of hydrogen-bond acceptors (Lipinski definition) is 4. The van der Waals surface area contributed by atoms with Crippen molar-refractivity contribution in [3.05, 3.63) is 21.3 Å². The Kier molecular flexibility index (Phi) is 5.84. The summed E-state index contributed by atoms with van der Waals surface area (Å²) in [5.41, 5.74) is 5.94. The van der Waals surface area contributed by atoms with E-state index < -0.39 is 0 Å². The lowest BCUT2D eigenvalue weighted by molar-refractivity contribution is -0.119. The van der Waals surface area contributed by atoms with Crippen molar-refractivity contribution in [2.75, 3.05) is 26.2 Å². The number of hydrogen-bond donors (Lipinski definition) is 2. The molecule has 1 aromatic rings. The van der Waals surface area contributed by atoms with Crippen LogP contribution in [0.25, 0.3) is 0 Å². The fourth-order valence-electron chi connectivity index (χ4n) is 2.71. The van der Waals surface area contributed by atoms with Gasteiger partial charge >= 0.3 is 0 Å². The Labute approximate surface area is 129 Å². The summed E-state index contributed by atoms with van der Waals surface area (Å²) < 4.78 is 0.819. The predicted octanol–water partition coefficient (Wildman–Crippen LogP) is 2.25. The molecule has 20 heavy (non-hydrogen) atoms. The first-order chi connectivity index (χ1) is 9.60. The molecule has 112 valence electrons.